The highest BCUT2D eigenvalue weighted by Crippen LogP contribution is 2.15. The van der Waals surface area contributed by atoms with Crippen molar-refractivity contribution in [1.82, 2.24) is 0 Å². The summed E-state index contributed by atoms with van der Waals surface area (Å²) < 4.78 is 10.4. The minimum atomic E-state index is -2.12. The quantitative estimate of drug-likeness (QED) is 0.756. The number of para-hydroxylation sites is 1. The Kier molecular flexibility index (Phi) is 4.95. The second-order valence-corrected chi connectivity index (χ2v) is 4.25. The van der Waals surface area contributed by atoms with Crippen LogP contribution < -0.4 is 5.32 Å². The maximum Gasteiger partial charge on any atom is 0.505 e. The summed E-state index contributed by atoms with van der Waals surface area (Å²) in [6, 6.07) is 9.13. The Morgan fingerprint density at radius 3 is 2.60 bits per heavy atom. The van der Waals surface area contributed by atoms with Crippen LogP contribution >= 0.6 is 8.03 Å². The molecule has 0 aromatic heterocycles. The van der Waals surface area contributed by atoms with Crippen molar-refractivity contribution in [3.63, 3.8) is 0 Å². The number of nitrogens with one attached hydrogen (secondary N) is 1. The van der Waals surface area contributed by atoms with Gasteiger partial charge in [0.15, 0.2) is 6.16 Å². The fraction of sp³-hybridized carbons (Fsp3) is 0.300. The number of amides is 1. The van der Waals surface area contributed by atoms with Crippen molar-refractivity contribution < 1.29 is 14.3 Å². The predicted octanol–water partition coefficient (Wildman–Crippen LogP) is 2.14. The van der Waals surface area contributed by atoms with Gasteiger partial charge in [-0.3, -0.25) is 4.79 Å². The van der Waals surface area contributed by atoms with Crippen molar-refractivity contribution in [1.29, 1.82) is 0 Å². The number of carbonyl (C=O) groups excluding carboxylic acids is 1. The minimum Gasteiger partial charge on any atom is -0.326 e. The maximum absolute atomic E-state index is 11.3. The molecule has 0 fully saturated rings. The van der Waals surface area contributed by atoms with E-state index in [2.05, 4.69) is 5.32 Å². The lowest BCUT2D eigenvalue weighted by atomic mass is 10.3. The lowest BCUT2D eigenvalue weighted by molar-refractivity contribution is -0.116. The molecule has 0 aliphatic heterocycles. The Morgan fingerprint density at radius 1 is 1.33 bits per heavy atom. The Labute approximate surface area is 89.2 Å². The van der Waals surface area contributed by atoms with Gasteiger partial charge in [-0.1, -0.05) is 18.2 Å². The number of anilines is 1. The van der Waals surface area contributed by atoms with Gasteiger partial charge in [0.25, 0.3) is 0 Å². The molecule has 1 amide bonds. The monoisotopic (exact) mass is 226 g/mol. The molecule has 0 saturated carbocycles. The van der Waals surface area contributed by atoms with E-state index in [1.807, 2.05) is 18.2 Å². The van der Waals surface area contributed by atoms with Crippen LogP contribution in [0.4, 0.5) is 5.69 Å². The summed E-state index contributed by atoms with van der Waals surface area (Å²) >= 11 is 0. The van der Waals surface area contributed by atoms with Gasteiger partial charge in [-0.2, -0.15) is 4.89 Å². The smallest absolute Gasteiger partial charge is 0.326 e. The van der Waals surface area contributed by atoms with Gasteiger partial charge < -0.3 is 5.32 Å². The lowest BCUT2D eigenvalue weighted by Gasteiger charge is -2.02. The summed E-state index contributed by atoms with van der Waals surface area (Å²) in [4.78, 5) is 19.8. The van der Waals surface area contributed by atoms with Crippen molar-refractivity contribution in [2.24, 2.45) is 0 Å². The molecule has 0 heterocycles. The van der Waals surface area contributed by atoms with Crippen molar-refractivity contribution in [2.75, 3.05) is 11.5 Å². The standard InChI is InChI=1S/C10H12NO3P/c12-10(7-4-8-15(13)14)11-9-5-2-1-3-6-9/h1-3,5-6H,4,7-8H2,(H-,11,12,13,14)/p+1. The molecule has 4 nitrogen and oxygen atoms in total. The zero-order chi connectivity index (χ0) is 11.1. The third-order valence-corrected chi connectivity index (χ3v) is 2.51. The van der Waals surface area contributed by atoms with E-state index in [0.29, 0.717) is 6.42 Å². The molecule has 0 aliphatic rings. The molecular weight excluding hydrogens is 213 g/mol. The average Bonchev–Trinajstić information content (AvgIpc) is 2.18. The SMILES string of the molecule is O=C(CCC[P+](=O)O)Nc1ccccc1. The highest BCUT2D eigenvalue weighted by atomic mass is 31.1. The van der Waals surface area contributed by atoms with Gasteiger partial charge in [0.2, 0.25) is 5.91 Å². The van der Waals surface area contributed by atoms with Crippen LogP contribution in [-0.2, 0) is 9.36 Å². The third kappa shape index (κ3) is 5.25. The largest absolute Gasteiger partial charge is 0.505 e. The van der Waals surface area contributed by atoms with Crippen LogP contribution in [0.15, 0.2) is 30.3 Å². The van der Waals surface area contributed by atoms with Gasteiger partial charge in [-0.25, -0.2) is 0 Å². The van der Waals surface area contributed by atoms with Crippen LogP contribution in [0.3, 0.4) is 0 Å². The van der Waals surface area contributed by atoms with Gasteiger partial charge in [0.1, 0.15) is 0 Å². The first-order chi connectivity index (χ1) is 7.18. The van der Waals surface area contributed by atoms with E-state index in [1.54, 1.807) is 12.1 Å². The first-order valence-corrected chi connectivity index (χ1v) is 6.06. The maximum atomic E-state index is 11.3. The van der Waals surface area contributed by atoms with Crippen molar-refractivity contribution in [3.05, 3.63) is 30.3 Å². The Hall–Kier alpha value is -1.25. The molecule has 1 aromatic carbocycles. The van der Waals surface area contributed by atoms with Crippen LogP contribution in [0.2, 0.25) is 0 Å². The molecule has 0 spiro atoms. The van der Waals surface area contributed by atoms with Crippen LogP contribution in [0, 0.1) is 0 Å². The van der Waals surface area contributed by atoms with Gasteiger partial charge in [-0.05, 0) is 16.7 Å². The molecule has 15 heavy (non-hydrogen) atoms. The van der Waals surface area contributed by atoms with Gasteiger partial charge >= 0.3 is 8.03 Å². The molecule has 1 aromatic rings. The zero-order valence-corrected chi connectivity index (χ0v) is 9.11. The molecular formula is C10H13NO3P+. The van der Waals surface area contributed by atoms with Crippen molar-refractivity contribution in [3.8, 4) is 0 Å². The van der Waals surface area contributed by atoms with E-state index in [0.717, 1.165) is 5.69 Å². The van der Waals surface area contributed by atoms with Crippen molar-refractivity contribution in [2.45, 2.75) is 12.8 Å². The molecule has 80 valence electrons. The summed E-state index contributed by atoms with van der Waals surface area (Å²) in [6.45, 7) is 0. The molecule has 0 bridgehead atoms. The van der Waals surface area contributed by atoms with E-state index >= 15 is 0 Å². The number of hydrogen-bond acceptors (Lipinski definition) is 2. The highest BCUT2D eigenvalue weighted by Gasteiger charge is 2.11. The number of benzene rings is 1. The summed E-state index contributed by atoms with van der Waals surface area (Å²) in [6.07, 6.45) is 0.887. The Morgan fingerprint density at radius 2 is 2.00 bits per heavy atom. The molecule has 1 rings (SSSR count). The van der Waals surface area contributed by atoms with Crippen LogP contribution in [0.1, 0.15) is 12.8 Å². The summed E-state index contributed by atoms with van der Waals surface area (Å²) in [5.74, 6) is -0.127. The highest BCUT2D eigenvalue weighted by molar-refractivity contribution is 7.37. The molecule has 0 aliphatic carbocycles. The molecule has 1 atom stereocenters. The first-order valence-electron chi connectivity index (χ1n) is 4.67. The number of carbonyl (C=O) groups is 1. The van der Waals surface area contributed by atoms with Crippen LogP contribution in [0.25, 0.3) is 0 Å². The van der Waals surface area contributed by atoms with Gasteiger partial charge in [-0.15, -0.1) is 0 Å². The fourth-order valence-corrected chi connectivity index (χ4v) is 1.55. The molecule has 0 radical (unpaired) electrons. The second-order valence-electron chi connectivity index (χ2n) is 3.09. The number of hydrogen-bond donors (Lipinski definition) is 2. The minimum absolute atomic E-state index is 0.127. The van der Waals surface area contributed by atoms with Crippen molar-refractivity contribution >= 4 is 19.6 Å². The van der Waals surface area contributed by atoms with E-state index in [9.17, 15) is 9.36 Å². The van der Waals surface area contributed by atoms with Crippen LogP contribution in [0.5, 0.6) is 0 Å². The Balaban J connectivity index is 2.28. The molecule has 1 unspecified atom stereocenters. The van der Waals surface area contributed by atoms with Gasteiger partial charge in [0.05, 0.1) is 0 Å². The average molecular weight is 226 g/mol. The van der Waals surface area contributed by atoms with E-state index in [-0.39, 0.29) is 18.5 Å². The Bertz CT molecular complexity index is 340. The van der Waals surface area contributed by atoms with E-state index in [4.69, 9.17) is 4.89 Å². The number of rotatable bonds is 5. The summed E-state index contributed by atoms with van der Waals surface area (Å²) in [5.41, 5.74) is 0.746. The predicted molar refractivity (Wildman–Crippen MR) is 59.0 cm³/mol. The second kappa shape index (κ2) is 6.27. The summed E-state index contributed by atoms with van der Waals surface area (Å²) in [5, 5.41) is 2.70. The topological polar surface area (TPSA) is 66.4 Å². The first kappa shape index (κ1) is 11.8. The fourth-order valence-electron chi connectivity index (χ4n) is 1.12. The lowest BCUT2D eigenvalue weighted by Crippen LogP contribution is -2.11. The van der Waals surface area contributed by atoms with Gasteiger partial charge in [0, 0.05) is 18.5 Å². The summed E-state index contributed by atoms with van der Waals surface area (Å²) in [7, 11) is -2.12. The third-order valence-electron chi connectivity index (χ3n) is 1.81. The van der Waals surface area contributed by atoms with Crippen LogP contribution in [-0.4, -0.2) is 17.0 Å². The molecule has 5 heteroatoms. The molecule has 2 N–H and O–H groups in total. The molecule has 0 saturated heterocycles. The van der Waals surface area contributed by atoms with E-state index in [1.165, 1.54) is 0 Å². The van der Waals surface area contributed by atoms with E-state index < -0.39 is 8.03 Å². The normalized spacial score (nSPS) is 10.9. The zero-order valence-electron chi connectivity index (χ0n) is 8.22.